The highest BCUT2D eigenvalue weighted by atomic mass is 35.5. The first-order valence-corrected chi connectivity index (χ1v) is 4.95. The average molecular weight is 244 g/mol. The molecule has 2 rings (SSSR count). The third kappa shape index (κ3) is 1.97. The smallest absolute Gasteiger partial charge is 0.249 e. The van der Waals surface area contributed by atoms with Gasteiger partial charge in [-0.1, -0.05) is 29.3 Å². The van der Waals surface area contributed by atoms with Gasteiger partial charge < -0.3 is 10.2 Å². The van der Waals surface area contributed by atoms with Gasteiger partial charge in [0.2, 0.25) is 11.8 Å². The van der Waals surface area contributed by atoms with E-state index in [0.717, 1.165) is 0 Å². The summed E-state index contributed by atoms with van der Waals surface area (Å²) in [6.45, 7) is 0.200. The highest BCUT2D eigenvalue weighted by molar-refractivity contribution is 6.43. The second-order valence-electron chi connectivity index (χ2n) is 2.81. The summed E-state index contributed by atoms with van der Waals surface area (Å²) in [7, 11) is 0. The Labute approximate surface area is 96.0 Å². The van der Waals surface area contributed by atoms with Gasteiger partial charge in [0.1, 0.15) is 0 Å². The van der Waals surface area contributed by atoms with Crippen LogP contribution in [0, 0.1) is 0 Å². The molecule has 0 fully saturated rings. The molecule has 15 heavy (non-hydrogen) atoms. The SMILES string of the molecule is NCc1nnc(-c2cccc(Cl)c2Cl)o1. The predicted octanol–water partition coefficient (Wildman–Crippen LogP) is 2.50. The van der Waals surface area contributed by atoms with Gasteiger partial charge in [0.25, 0.3) is 0 Å². The molecule has 1 aromatic carbocycles. The highest BCUT2D eigenvalue weighted by Crippen LogP contribution is 2.32. The molecule has 0 aliphatic carbocycles. The van der Waals surface area contributed by atoms with Crippen molar-refractivity contribution in [2.45, 2.75) is 6.54 Å². The van der Waals surface area contributed by atoms with Gasteiger partial charge in [-0.05, 0) is 12.1 Å². The van der Waals surface area contributed by atoms with Crippen LogP contribution in [-0.2, 0) is 6.54 Å². The molecule has 1 aromatic heterocycles. The van der Waals surface area contributed by atoms with Crippen molar-refractivity contribution in [2.75, 3.05) is 0 Å². The molecule has 0 bridgehead atoms. The quantitative estimate of drug-likeness (QED) is 0.881. The van der Waals surface area contributed by atoms with Gasteiger partial charge in [-0.25, -0.2) is 0 Å². The topological polar surface area (TPSA) is 64.9 Å². The number of halogens is 2. The van der Waals surface area contributed by atoms with Gasteiger partial charge in [-0.15, -0.1) is 10.2 Å². The molecule has 0 amide bonds. The second-order valence-corrected chi connectivity index (χ2v) is 3.59. The first-order chi connectivity index (χ1) is 7.22. The zero-order valence-corrected chi connectivity index (χ0v) is 9.09. The van der Waals surface area contributed by atoms with Crippen molar-refractivity contribution in [2.24, 2.45) is 5.73 Å². The van der Waals surface area contributed by atoms with Gasteiger partial charge in [-0.3, -0.25) is 0 Å². The number of rotatable bonds is 2. The van der Waals surface area contributed by atoms with Crippen LogP contribution in [0.25, 0.3) is 11.5 Å². The van der Waals surface area contributed by atoms with Crippen molar-refractivity contribution in [1.82, 2.24) is 10.2 Å². The van der Waals surface area contributed by atoms with E-state index in [2.05, 4.69) is 10.2 Å². The van der Waals surface area contributed by atoms with Crippen molar-refractivity contribution in [3.8, 4) is 11.5 Å². The molecule has 0 radical (unpaired) electrons. The summed E-state index contributed by atoms with van der Waals surface area (Å²) in [6.07, 6.45) is 0. The molecule has 4 nitrogen and oxygen atoms in total. The molecule has 0 unspecified atom stereocenters. The number of nitrogens with two attached hydrogens (primary N) is 1. The summed E-state index contributed by atoms with van der Waals surface area (Å²) in [5.74, 6) is 0.684. The van der Waals surface area contributed by atoms with Gasteiger partial charge >= 0.3 is 0 Å². The molecule has 6 heteroatoms. The van der Waals surface area contributed by atoms with Crippen molar-refractivity contribution < 1.29 is 4.42 Å². The minimum absolute atomic E-state index is 0.200. The fraction of sp³-hybridized carbons (Fsp3) is 0.111. The Morgan fingerprint density at radius 2 is 2.07 bits per heavy atom. The Morgan fingerprint density at radius 1 is 1.27 bits per heavy atom. The van der Waals surface area contributed by atoms with E-state index in [1.165, 1.54) is 0 Å². The highest BCUT2D eigenvalue weighted by Gasteiger charge is 2.12. The van der Waals surface area contributed by atoms with Gasteiger partial charge in [-0.2, -0.15) is 0 Å². The lowest BCUT2D eigenvalue weighted by Gasteiger charge is -1.99. The summed E-state index contributed by atoms with van der Waals surface area (Å²) >= 11 is 11.8. The molecule has 0 atom stereocenters. The Hall–Kier alpha value is -1.10. The number of aromatic nitrogens is 2. The normalized spacial score (nSPS) is 10.6. The molecular weight excluding hydrogens is 237 g/mol. The molecule has 2 N–H and O–H groups in total. The van der Waals surface area contributed by atoms with Crippen LogP contribution in [0.5, 0.6) is 0 Å². The third-order valence-corrected chi connectivity index (χ3v) is 2.64. The summed E-state index contributed by atoms with van der Waals surface area (Å²) in [5, 5.41) is 8.40. The molecule has 78 valence electrons. The Morgan fingerprint density at radius 3 is 2.73 bits per heavy atom. The number of hydrogen-bond donors (Lipinski definition) is 1. The standard InChI is InChI=1S/C9H7Cl2N3O/c10-6-3-1-2-5(8(6)11)9-14-13-7(4-12)15-9/h1-3H,4,12H2. The summed E-state index contributed by atoms with van der Waals surface area (Å²) < 4.78 is 5.26. The first kappa shape index (κ1) is 10.4. The molecule has 0 saturated carbocycles. The molecule has 2 aromatic rings. The number of nitrogens with zero attached hydrogens (tertiary/aromatic N) is 2. The monoisotopic (exact) mass is 243 g/mol. The van der Waals surface area contributed by atoms with E-state index in [1.54, 1.807) is 18.2 Å². The Kier molecular flexibility index (Phi) is 2.90. The van der Waals surface area contributed by atoms with Gasteiger partial charge in [0, 0.05) is 0 Å². The van der Waals surface area contributed by atoms with Gasteiger partial charge in [0.15, 0.2) is 0 Å². The minimum Gasteiger partial charge on any atom is -0.419 e. The van der Waals surface area contributed by atoms with Crippen LogP contribution < -0.4 is 5.73 Å². The Balaban J connectivity index is 2.49. The van der Waals surface area contributed by atoms with E-state index < -0.39 is 0 Å². The van der Waals surface area contributed by atoms with E-state index in [-0.39, 0.29) is 6.54 Å². The number of benzene rings is 1. The van der Waals surface area contributed by atoms with E-state index in [1.807, 2.05) is 0 Å². The maximum Gasteiger partial charge on any atom is 0.249 e. The first-order valence-electron chi connectivity index (χ1n) is 4.19. The van der Waals surface area contributed by atoms with Crippen LogP contribution in [0.2, 0.25) is 10.0 Å². The lowest BCUT2D eigenvalue weighted by atomic mass is 10.2. The second kappa shape index (κ2) is 4.18. The van der Waals surface area contributed by atoms with Crippen molar-refractivity contribution in [3.05, 3.63) is 34.1 Å². The number of hydrogen-bond acceptors (Lipinski definition) is 4. The maximum absolute atomic E-state index is 5.99. The fourth-order valence-corrected chi connectivity index (χ4v) is 1.50. The van der Waals surface area contributed by atoms with E-state index in [0.29, 0.717) is 27.4 Å². The molecule has 0 aliphatic heterocycles. The zero-order chi connectivity index (χ0) is 10.8. The van der Waals surface area contributed by atoms with Crippen LogP contribution in [0.4, 0.5) is 0 Å². The third-order valence-electron chi connectivity index (χ3n) is 1.82. The fourth-order valence-electron chi connectivity index (χ4n) is 1.11. The van der Waals surface area contributed by atoms with E-state index in [9.17, 15) is 0 Å². The van der Waals surface area contributed by atoms with Crippen molar-refractivity contribution in [3.63, 3.8) is 0 Å². The molecule has 0 saturated heterocycles. The molecule has 1 heterocycles. The zero-order valence-electron chi connectivity index (χ0n) is 7.58. The lowest BCUT2D eigenvalue weighted by molar-refractivity contribution is 0.509. The van der Waals surface area contributed by atoms with Crippen LogP contribution in [-0.4, -0.2) is 10.2 Å². The van der Waals surface area contributed by atoms with Crippen molar-refractivity contribution >= 4 is 23.2 Å². The summed E-state index contributed by atoms with van der Waals surface area (Å²) in [5.41, 5.74) is 5.96. The van der Waals surface area contributed by atoms with E-state index >= 15 is 0 Å². The van der Waals surface area contributed by atoms with Crippen LogP contribution in [0.1, 0.15) is 5.89 Å². The molecule has 0 aliphatic rings. The van der Waals surface area contributed by atoms with Crippen molar-refractivity contribution in [1.29, 1.82) is 0 Å². The molecular formula is C9H7Cl2N3O. The van der Waals surface area contributed by atoms with E-state index in [4.69, 9.17) is 33.4 Å². The summed E-state index contributed by atoms with van der Waals surface area (Å²) in [4.78, 5) is 0. The predicted molar refractivity (Wildman–Crippen MR) is 57.6 cm³/mol. The lowest BCUT2D eigenvalue weighted by Crippen LogP contribution is -1.95. The minimum atomic E-state index is 0.200. The van der Waals surface area contributed by atoms with Crippen LogP contribution in [0.15, 0.2) is 22.6 Å². The van der Waals surface area contributed by atoms with Crippen LogP contribution >= 0.6 is 23.2 Å². The maximum atomic E-state index is 5.99. The molecule has 0 spiro atoms. The largest absolute Gasteiger partial charge is 0.419 e. The average Bonchev–Trinajstić information content (AvgIpc) is 2.70. The summed E-state index contributed by atoms with van der Waals surface area (Å²) in [6, 6.07) is 5.20. The van der Waals surface area contributed by atoms with Crippen LogP contribution in [0.3, 0.4) is 0 Å². The van der Waals surface area contributed by atoms with Gasteiger partial charge in [0.05, 0.1) is 22.2 Å². The Bertz CT molecular complexity index is 484.